The molecule has 3 aromatic heterocycles. The second-order valence-electron chi connectivity index (χ2n) is 10.4. The number of hydrogen-bond acceptors (Lipinski definition) is 9. The Kier molecular flexibility index (Phi) is 7.00. The van der Waals surface area contributed by atoms with E-state index >= 15 is 0 Å². The summed E-state index contributed by atoms with van der Waals surface area (Å²) in [6.07, 6.45) is 1.88. The first-order chi connectivity index (χ1) is 19.5. The lowest BCUT2D eigenvalue weighted by molar-refractivity contribution is 0.496. The molecule has 1 atom stereocenters. The van der Waals surface area contributed by atoms with Gasteiger partial charge in [-0.1, -0.05) is 18.1 Å². The smallest absolute Gasteiger partial charge is 0.332 e. The van der Waals surface area contributed by atoms with Gasteiger partial charge in [-0.25, -0.2) is 14.8 Å². The summed E-state index contributed by atoms with van der Waals surface area (Å²) >= 11 is 0. The van der Waals surface area contributed by atoms with E-state index in [-0.39, 0.29) is 19.1 Å². The highest BCUT2D eigenvalue weighted by Gasteiger charge is 2.26. The van der Waals surface area contributed by atoms with Crippen molar-refractivity contribution in [3.63, 3.8) is 0 Å². The van der Waals surface area contributed by atoms with Gasteiger partial charge in [0, 0.05) is 57.7 Å². The average molecular weight is 543 g/mol. The maximum Gasteiger partial charge on any atom is 0.332 e. The summed E-state index contributed by atoms with van der Waals surface area (Å²) in [7, 11) is 1.64. The van der Waals surface area contributed by atoms with Crippen LogP contribution in [0.2, 0.25) is 0 Å². The summed E-state index contributed by atoms with van der Waals surface area (Å²) < 4.78 is 4.45. The van der Waals surface area contributed by atoms with E-state index in [9.17, 15) is 9.59 Å². The van der Waals surface area contributed by atoms with Gasteiger partial charge in [0.25, 0.3) is 5.56 Å². The van der Waals surface area contributed by atoms with Crippen LogP contribution in [-0.2, 0) is 20.1 Å². The number of para-hydroxylation sites is 1. The molecule has 40 heavy (non-hydrogen) atoms. The first kappa shape index (κ1) is 26.0. The largest absolute Gasteiger partial charge is 0.353 e. The van der Waals surface area contributed by atoms with Crippen molar-refractivity contribution in [2.75, 3.05) is 49.1 Å². The lowest BCUT2D eigenvalue weighted by Crippen LogP contribution is -2.44. The van der Waals surface area contributed by atoms with E-state index in [4.69, 9.17) is 20.7 Å². The minimum absolute atomic E-state index is 0.0229. The Labute approximate surface area is 231 Å². The fourth-order valence-corrected chi connectivity index (χ4v) is 5.68. The van der Waals surface area contributed by atoms with Crippen molar-refractivity contribution in [1.82, 2.24) is 34.0 Å². The monoisotopic (exact) mass is 542 g/mol. The number of hydrogen-bond donors (Lipinski definition) is 2. The SMILES string of the molecule is CC#CCn1c(N2CCCC(N)C2)nc2c1c(=O)n(Cc1nc(N3CCNCC3)c3ccccc3n1)c(=O)n2C. The van der Waals surface area contributed by atoms with Gasteiger partial charge in [0.15, 0.2) is 17.0 Å². The summed E-state index contributed by atoms with van der Waals surface area (Å²) in [5.74, 6) is 7.83. The van der Waals surface area contributed by atoms with Crippen molar-refractivity contribution in [3.8, 4) is 11.8 Å². The Balaban J connectivity index is 1.49. The van der Waals surface area contributed by atoms with Crippen LogP contribution in [-0.4, -0.2) is 74.0 Å². The molecule has 6 rings (SSSR count). The molecule has 0 radical (unpaired) electrons. The first-order valence-electron chi connectivity index (χ1n) is 13.8. The summed E-state index contributed by atoms with van der Waals surface area (Å²) in [4.78, 5) is 46.3. The van der Waals surface area contributed by atoms with Crippen molar-refractivity contribution in [2.24, 2.45) is 12.8 Å². The Bertz CT molecular complexity index is 1750. The van der Waals surface area contributed by atoms with Gasteiger partial charge in [-0.05, 0) is 31.9 Å². The number of anilines is 2. The molecule has 12 nitrogen and oxygen atoms in total. The van der Waals surface area contributed by atoms with Gasteiger partial charge in [0.2, 0.25) is 5.95 Å². The van der Waals surface area contributed by atoms with Gasteiger partial charge >= 0.3 is 5.69 Å². The van der Waals surface area contributed by atoms with Crippen LogP contribution in [0, 0.1) is 11.8 Å². The molecule has 3 N–H and O–H groups in total. The molecule has 0 amide bonds. The van der Waals surface area contributed by atoms with E-state index < -0.39 is 11.2 Å². The van der Waals surface area contributed by atoms with Crippen molar-refractivity contribution in [2.45, 2.75) is 38.9 Å². The van der Waals surface area contributed by atoms with Gasteiger partial charge in [0.1, 0.15) is 5.82 Å². The highest BCUT2D eigenvalue weighted by atomic mass is 16.2. The lowest BCUT2D eigenvalue weighted by atomic mass is 10.1. The van der Waals surface area contributed by atoms with Crippen LogP contribution in [0.4, 0.5) is 11.8 Å². The number of imidazole rings is 1. The van der Waals surface area contributed by atoms with Gasteiger partial charge in [-0.15, -0.1) is 5.92 Å². The molecule has 4 aromatic rings. The van der Waals surface area contributed by atoms with Gasteiger partial charge in [0.05, 0.1) is 18.6 Å². The topological polar surface area (TPSA) is 132 Å². The van der Waals surface area contributed by atoms with Crippen molar-refractivity contribution in [1.29, 1.82) is 0 Å². The lowest BCUT2D eigenvalue weighted by Gasteiger charge is -2.31. The highest BCUT2D eigenvalue weighted by molar-refractivity contribution is 5.89. The van der Waals surface area contributed by atoms with Crippen molar-refractivity contribution < 1.29 is 0 Å². The molecule has 2 saturated heterocycles. The van der Waals surface area contributed by atoms with E-state index in [2.05, 4.69) is 27.0 Å². The molecule has 0 saturated carbocycles. The number of aromatic nitrogens is 6. The van der Waals surface area contributed by atoms with Gasteiger partial charge < -0.3 is 20.9 Å². The molecular weight excluding hydrogens is 508 g/mol. The summed E-state index contributed by atoms with van der Waals surface area (Å²) in [6.45, 7) is 6.74. The van der Waals surface area contributed by atoms with E-state index in [1.807, 2.05) is 28.8 Å². The number of aryl methyl sites for hydroxylation is 1. The molecular formula is C28H34N10O2. The third kappa shape index (κ3) is 4.61. The molecule has 0 spiro atoms. The zero-order chi connectivity index (χ0) is 27.8. The molecule has 208 valence electrons. The molecule has 2 fully saturated rings. The van der Waals surface area contributed by atoms with Crippen LogP contribution in [0.5, 0.6) is 0 Å². The standard InChI is InChI=1S/C28H34N10O2/c1-3-4-14-37-23-25(33-27(37)36-13-7-8-19(29)17-36)34(2)28(40)38(26(23)39)18-22-31-21-10-6-5-9-20(21)24(32-22)35-15-11-30-12-16-35/h5-6,9-10,19,30H,7-8,11-18,29H2,1-2H3. The number of piperidine rings is 1. The van der Waals surface area contributed by atoms with Crippen LogP contribution in [0.25, 0.3) is 22.1 Å². The molecule has 2 aliphatic rings. The minimum Gasteiger partial charge on any atom is -0.353 e. The van der Waals surface area contributed by atoms with Crippen LogP contribution in [0.3, 0.4) is 0 Å². The van der Waals surface area contributed by atoms with E-state index in [1.54, 1.807) is 14.0 Å². The number of piperazine rings is 1. The van der Waals surface area contributed by atoms with E-state index in [1.165, 1.54) is 9.13 Å². The molecule has 5 heterocycles. The second kappa shape index (κ2) is 10.7. The second-order valence-corrected chi connectivity index (χ2v) is 10.4. The maximum atomic E-state index is 14.0. The third-order valence-electron chi connectivity index (χ3n) is 7.71. The normalized spacial score (nSPS) is 17.8. The molecule has 0 aliphatic carbocycles. The Hall–Kier alpha value is -4.21. The molecule has 2 aliphatic heterocycles. The molecule has 1 unspecified atom stereocenters. The first-order valence-corrected chi connectivity index (χ1v) is 13.8. The summed E-state index contributed by atoms with van der Waals surface area (Å²) in [6, 6.07) is 7.87. The van der Waals surface area contributed by atoms with E-state index in [0.29, 0.717) is 29.5 Å². The summed E-state index contributed by atoms with van der Waals surface area (Å²) in [5, 5.41) is 4.32. The Morgan fingerprint density at radius 2 is 1.85 bits per heavy atom. The van der Waals surface area contributed by atoms with Gasteiger partial charge in [-0.2, -0.15) is 4.98 Å². The zero-order valence-corrected chi connectivity index (χ0v) is 22.9. The Morgan fingerprint density at radius 1 is 1.05 bits per heavy atom. The third-order valence-corrected chi connectivity index (χ3v) is 7.71. The zero-order valence-electron chi connectivity index (χ0n) is 22.9. The predicted molar refractivity (Wildman–Crippen MR) is 156 cm³/mol. The molecule has 1 aromatic carbocycles. The maximum absolute atomic E-state index is 14.0. The van der Waals surface area contributed by atoms with Crippen LogP contribution in [0.1, 0.15) is 25.6 Å². The molecule has 0 bridgehead atoms. The van der Waals surface area contributed by atoms with Gasteiger partial charge in [-0.3, -0.25) is 18.5 Å². The van der Waals surface area contributed by atoms with Crippen molar-refractivity contribution in [3.05, 3.63) is 50.9 Å². The number of fused-ring (bicyclic) bond motifs is 2. The minimum atomic E-state index is -0.467. The fraction of sp³-hybridized carbons (Fsp3) is 0.464. The molecule has 12 heteroatoms. The fourth-order valence-electron chi connectivity index (χ4n) is 5.68. The highest BCUT2D eigenvalue weighted by Crippen LogP contribution is 2.25. The predicted octanol–water partition coefficient (Wildman–Crippen LogP) is 0.249. The van der Waals surface area contributed by atoms with Crippen LogP contribution >= 0.6 is 0 Å². The number of nitrogens with zero attached hydrogens (tertiary/aromatic N) is 8. The Morgan fingerprint density at radius 3 is 2.62 bits per heavy atom. The quantitative estimate of drug-likeness (QED) is 0.341. The van der Waals surface area contributed by atoms with Crippen molar-refractivity contribution >= 4 is 33.8 Å². The number of rotatable bonds is 5. The summed E-state index contributed by atoms with van der Waals surface area (Å²) in [5.41, 5.74) is 6.80. The van der Waals surface area contributed by atoms with E-state index in [0.717, 1.165) is 62.3 Å². The van der Waals surface area contributed by atoms with Crippen LogP contribution < -0.4 is 32.1 Å². The number of benzene rings is 1. The average Bonchev–Trinajstić information content (AvgIpc) is 3.37. The number of nitrogens with one attached hydrogen (secondary N) is 1. The number of nitrogens with two attached hydrogens (primary N) is 1. The van der Waals surface area contributed by atoms with Crippen LogP contribution in [0.15, 0.2) is 33.9 Å².